The summed E-state index contributed by atoms with van der Waals surface area (Å²) in [5, 5.41) is 0. The third kappa shape index (κ3) is 4.71. The van der Waals surface area contributed by atoms with Gasteiger partial charge in [0.05, 0.1) is 13.4 Å². The highest BCUT2D eigenvalue weighted by molar-refractivity contribution is 6.09. The summed E-state index contributed by atoms with van der Waals surface area (Å²) >= 11 is 0. The molecular weight excluding hydrogens is 300 g/mol. The third-order valence-electron chi connectivity index (χ3n) is 3.43. The lowest BCUT2D eigenvalue weighted by molar-refractivity contribution is 0.103. The quantitative estimate of drug-likeness (QED) is 0.411. The van der Waals surface area contributed by atoms with Crippen molar-refractivity contribution in [3.05, 3.63) is 96.3 Å². The molecule has 3 nitrogen and oxygen atoms in total. The van der Waals surface area contributed by atoms with Gasteiger partial charge >= 0.3 is 0 Å². The number of carbonyl (C=O) groups is 1. The Bertz CT molecular complexity index is 751. The van der Waals surface area contributed by atoms with Gasteiger partial charge in [-0.25, -0.2) is 0 Å². The van der Waals surface area contributed by atoms with Gasteiger partial charge in [0.2, 0.25) is 0 Å². The van der Waals surface area contributed by atoms with Crippen LogP contribution in [0.25, 0.3) is 0 Å². The van der Waals surface area contributed by atoms with Crippen LogP contribution in [0.1, 0.15) is 22.8 Å². The number of benzene rings is 2. The molecule has 0 bridgehead atoms. The van der Waals surface area contributed by atoms with Crippen molar-refractivity contribution in [3.8, 4) is 11.5 Å². The molecule has 122 valence electrons. The van der Waals surface area contributed by atoms with E-state index < -0.39 is 0 Å². The van der Waals surface area contributed by atoms with Crippen molar-refractivity contribution in [2.75, 3.05) is 7.11 Å². The second-order valence-corrected chi connectivity index (χ2v) is 5.14. The third-order valence-corrected chi connectivity index (χ3v) is 3.43. The average molecular weight is 320 g/mol. The van der Waals surface area contributed by atoms with Gasteiger partial charge in [0.15, 0.2) is 5.78 Å². The van der Waals surface area contributed by atoms with Crippen LogP contribution >= 0.6 is 0 Å². The number of methoxy groups -OCH3 is 1. The minimum absolute atomic E-state index is 0.0377. The number of hydrogen-bond acceptors (Lipinski definition) is 3. The molecule has 0 spiro atoms. The van der Waals surface area contributed by atoms with E-state index in [9.17, 15) is 4.79 Å². The van der Waals surface area contributed by atoms with Crippen LogP contribution in [-0.4, -0.2) is 12.9 Å². The minimum Gasteiger partial charge on any atom is -0.497 e. The highest BCUT2D eigenvalue weighted by Crippen LogP contribution is 2.18. The largest absolute Gasteiger partial charge is 0.497 e. The molecule has 0 N–H and O–H groups in total. The Hall–Kier alpha value is -3.07. The first-order valence-corrected chi connectivity index (χ1v) is 7.55. The summed E-state index contributed by atoms with van der Waals surface area (Å²) in [6.07, 6.45) is 7.05. The second kappa shape index (κ2) is 8.53. The molecule has 2 aromatic carbocycles. The Balaban J connectivity index is 2.02. The number of carbonyl (C=O) groups excluding carboxylic acids is 1. The first-order chi connectivity index (χ1) is 11.6. The molecule has 24 heavy (non-hydrogen) atoms. The van der Waals surface area contributed by atoms with Crippen molar-refractivity contribution < 1.29 is 14.3 Å². The molecule has 2 aromatic rings. The van der Waals surface area contributed by atoms with Crippen molar-refractivity contribution in [3.63, 3.8) is 0 Å². The van der Waals surface area contributed by atoms with Crippen molar-refractivity contribution in [1.82, 2.24) is 0 Å². The molecule has 0 atom stereocenters. The van der Waals surface area contributed by atoms with E-state index in [1.54, 1.807) is 74.1 Å². The van der Waals surface area contributed by atoms with Crippen molar-refractivity contribution >= 4 is 5.78 Å². The molecular formula is C21H20O3. The molecule has 0 heterocycles. The first-order valence-electron chi connectivity index (χ1n) is 7.55. The maximum atomic E-state index is 12.4. The number of ether oxygens (including phenoxy) is 2. The lowest BCUT2D eigenvalue weighted by atomic mass is 10.0. The lowest BCUT2D eigenvalue weighted by Gasteiger charge is -2.04. The van der Waals surface area contributed by atoms with E-state index in [2.05, 4.69) is 6.58 Å². The Morgan fingerprint density at radius 2 is 1.50 bits per heavy atom. The van der Waals surface area contributed by atoms with Crippen LogP contribution in [0.5, 0.6) is 11.5 Å². The molecule has 0 unspecified atom stereocenters. The Labute approximate surface area is 142 Å². The average Bonchev–Trinajstić information content (AvgIpc) is 2.65. The fourth-order valence-corrected chi connectivity index (χ4v) is 1.97. The van der Waals surface area contributed by atoms with Crippen molar-refractivity contribution in [2.45, 2.75) is 6.92 Å². The monoisotopic (exact) mass is 320 g/mol. The summed E-state index contributed by atoms with van der Waals surface area (Å²) in [6, 6.07) is 14.1. The molecule has 0 amide bonds. The van der Waals surface area contributed by atoms with E-state index in [1.165, 1.54) is 0 Å². The summed E-state index contributed by atoms with van der Waals surface area (Å²) in [5.74, 6) is 1.36. The molecule has 0 aliphatic heterocycles. The molecule has 0 radical (unpaired) electrons. The Morgan fingerprint density at radius 3 is 2.00 bits per heavy atom. The normalized spacial score (nSPS) is 11.3. The van der Waals surface area contributed by atoms with E-state index in [0.717, 1.165) is 11.3 Å². The van der Waals surface area contributed by atoms with Gasteiger partial charge in [-0.3, -0.25) is 4.79 Å². The van der Waals surface area contributed by atoms with Crippen LogP contribution in [0, 0.1) is 0 Å². The minimum atomic E-state index is -0.0377. The Kier molecular flexibility index (Phi) is 6.15. The zero-order chi connectivity index (χ0) is 17.4. The van der Waals surface area contributed by atoms with Gasteiger partial charge in [-0.15, -0.1) is 0 Å². The molecule has 0 aliphatic rings. The van der Waals surface area contributed by atoms with Crippen LogP contribution in [-0.2, 0) is 0 Å². The molecule has 3 heteroatoms. The van der Waals surface area contributed by atoms with E-state index in [0.29, 0.717) is 16.9 Å². The van der Waals surface area contributed by atoms with Gasteiger partial charge in [0.1, 0.15) is 11.5 Å². The molecule has 0 aliphatic carbocycles. The van der Waals surface area contributed by atoms with Gasteiger partial charge in [0, 0.05) is 11.1 Å². The zero-order valence-electron chi connectivity index (χ0n) is 13.9. The topological polar surface area (TPSA) is 35.5 Å². The number of allylic oxidation sites excluding steroid dienone is 4. The summed E-state index contributed by atoms with van der Waals surface area (Å²) < 4.78 is 10.6. The van der Waals surface area contributed by atoms with E-state index in [1.807, 2.05) is 13.0 Å². The summed E-state index contributed by atoms with van der Waals surface area (Å²) in [6.45, 7) is 5.63. The Morgan fingerprint density at radius 1 is 0.958 bits per heavy atom. The number of ketones is 1. The highest BCUT2D eigenvalue weighted by atomic mass is 16.5. The fraction of sp³-hybridized carbons (Fsp3) is 0.0952. The van der Waals surface area contributed by atoms with Gasteiger partial charge < -0.3 is 9.47 Å². The predicted molar refractivity (Wildman–Crippen MR) is 96.6 cm³/mol. The van der Waals surface area contributed by atoms with Crippen LogP contribution in [0.4, 0.5) is 0 Å². The molecule has 0 saturated heterocycles. The lowest BCUT2D eigenvalue weighted by Crippen LogP contribution is -2.01. The smallest absolute Gasteiger partial charge is 0.193 e. The van der Waals surface area contributed by atoms with E-state index in [-0.39, 0.29) is 5.78 Å². The zero-order valence-corrected chi connectivity index (χ0v) is 13.9. The maximum absolute atomic E-state index is 12.4. The van der Waals surface area contributed by atoms with Crippen LogP contribution in [0.2, 0.25) is 0 Å². The van der Waals surface area contributed by atoms with Crippen LogP contribution in [0.15, 0.2) is 85.2 Å². The molecule has 0 aromatic heterocycles. The van der Waals surface area contributed by atoms with Gasteiger partial charge in [-0.05, 0) is 61.5 Å². The van der Waals surface area contributed by atoms with Crippen LogP contribution < -0.4 is 9.47 Å². The predicted octanol–water partition coefficient (Wildman–Crippen LogP) is 4.95. The highest BCUT2D eigenvalue weighted by Gasteiger charge is 2.09. The number of hydrogen-bond donors (Lipinski definition) is 0. The van der Waals surface area contributed by atoms with Gasteiger partial charge in [-0.1, -0.05) is 24.3 Å². The summed E-state index contributed by atoms with van der Waals surface area (Å²) in [7, 11) is 1.60. The fourth-order valence-electron chi connectivity index (χ4n) is 1.97. The van der Waals surface area contributed by atoms with E-state index in [4.69, 9.17) is 9.47 Å². The van der Waals surface area contributed by atoms with Crippen LogP contribution in [0.3, 0.4) is 0 Å². The molecule has 0 saturated carbocycles. The first kappa shape index (κ1) is 17.3. The summed E-state index contributed by atoms with van der Waals surface area (Å²) in [4.78, 5) is 12.4. The summed E-state index contributed by atoms with van der Waals surface area (Å²) in [5.41, 5.74) is 2.28. The second-order valence-electron chi connectivity index (χ2n) is 5.14. The SMILES string of the molecule is C=C/C(C)=C\C=C\Oc1ccc(C(=O)c2ccc(OC)cc2)cc1. The molecule has 2 rings (SSSR count). The van der Waals surface area contributed by atoms with Crippen molar-refractivity contribution in [2.24, 2.45) is 0 Å². The van der Waals surface area contributed by atoms with Crippen molar-refractivity contribution in [1.29, 1.82) is 0 Å². The maximum Gasteiger partial charge on any atom is 0.193 e. The number of rotatable bonds is 7. The van der Waals surface area contributed by atoms with E-state index >= 15 is 0 Å². The molecule has 0 fully saturated rings. The van der Waals surface area contributed by atoms with Gasteiger partial charge in [-0.2, -0.15) is 0 Å². The van der Waals surface area contributed by atoms with Gasteiger partial charge in [0.25, 0.3) is 0 Å². The standard InChI is InChI=1S/C21H20O3/c1-4-16(2)6-5-15-24-20-13-9-18(10-14-20)21(22)17-7-11-19(23-3)12-8-17/h4-15H,1H2,2-3H3/b15-5+,16-6-.